The summed E-state index contributed by atoms with van der Waals surface area (Å²) in [5, 5.41) is 0. The minimum absolute atomic E-state index is 0.326. The zero-order valence-electron chi connectivity index (χ0n) is 13.4. The fraction of sp³-hybridized carbons (Fsp3) is 0.750. The van der Waals surface area contributed by atoms with E-state index in [0.29, 0.717) is 16.6 Å². The molecule has 3 saturated carbocycles. The molecule has 0 spiro atoms. The van der Waals surface area contributed by atoms with E-state index in [1.807, 2.05) is 6.08 Å². The lowest BCUT2D eigenvalue weighted by atomic mass is 9.47. The Balaban J connectivity index is 1.70. The van der Waals surface area contributed by atoms with Gasteiger partial charge in [0.25, 0.3) is 0 Å². The van der Waals surface area contributed by atoms with Crippen LogP contribution >= 0.6 is 0 Å². The van der Waals surface area contributed by atoms with Gasteiger partial charge in [0, 0.05) is 6.42 Å². The fourth-order valence-corrected chi connectivity index (χ4v) is 6.62. The van der Waals surface area contributed by atoms with Crippen molar-refractivity contribution in [3.8, 4) is 0 Å². The van der Waals surface area contributed by atoms with Gasteiger partial charge in [-0.2, -0.15) is 0 Å². The maximum Gasteiger partial charge on any atom is 0.155 e. The fourth-order valence-electron chi connectivity index (χ4n) is 6.62. The number of fused-ring (bicyclic) bond motifs is 5. The van der Waals surface area contributed by atoms with Crippen molar-refractivity contribution in [3.05, 3.63) is 24.3 Å². The molecular formula is C20H28O. The summed E-state index contributed by atoms with van der Waals surface area (Å²) >= 11 is 0. The molecule has 0 aromatic carbocycles. The molecule has 4 aliphatic carbocycles. The largest absolute Gasteiger partial charge is 0.295 e. The molecule has 0 aliphatic heterocycles. The maximum atomic E-state index is 11.8. The Morgan fingerprint density at radius 1 is 1.14 bits per heavy atom. The molecule has 0 aromatic rings. The van der Waals surface area contributed by atoms with E-state index in [0.717, 1.165) is 30.6 Å². The predicted molar refractivity (Wildman–Crippen MR) is 85.9 cm³/mol. The van der Waals surface area contributed by atoms with E-state index in [1.54, 1.807) is 0 Å². The topological polar surface area (TPSA) is 17.1 Å². The molecule has 0 unspecified atom stereocenters. The smallest absolute Gasteiger partial charge is 0.155 e. The van der Waals surface area contributed by atoms with Crippen LogP contribution in [0.2, 0.25) is 0 Å². The molecular weight excluding hydrogens is 256 g/mol. The maximum absolute atomic E-state index is 11.8. The monoisotopic (exact) mass is 284 g/mol. The second-order valence-corrected chi connectivity index (χ2v) is 8.34. The van der Waals surface area contributed by atoms with Crippen molar-refractivity contribution in [2.24, 2.45) is 28.6 Å². The summed E-state index contributed by atoms with van der Waals surface area (Å²) in [5.74, 6) is 2.96. The first-order valence-corrected chi connectivity index (χ1v) is 8.96. The molecule has 5 atom stereocenters. The first kappa shape index (κ1) is 13.8. The van der Waals surface area contributed by atoms with Gasteiger partial charge in [-0.25, -0.2) is 0 Å². The third-order valence-electron chi connectivity index (χ3n) is 7.78. The number of hydrogen-bond donors (Lipinski definition) is 0. The highest BCUT2D eigenvalue weighted by Crippen LogP contribution is 2.65. The van der Waals surface area contributed by atoms with Gasteiger partial charge < -0.3 is 0 Å². The zero-order valence-corrected chi connectivity index (χ0v) is 13.4. The van der Waals surface area contributed by atoms with Gasteiger partial charge in [-0.05, 0) is 79.6 Å². The van der Waals surface area contributed by atoms with Crippen LogP contribution in [0.4, 0.5) is 0 Å². The average molecular weight is 284 g/mol. The van der Waals surface area contributed by atoms with Crippen LogP contribution in [0.5, 0.6) is 0 Å². The summed E-state index contributed by atoms with van der Waals surface area (Å²) in [6.45, 7) is 6.68. The Labute approximate surface area is 128 Å². The molecule has 0 aromatic heterocycles. The summed E-state index contributed by atoms with van der Waals surface area (Å²) < 4.78 is 0. The Morgan fingerprint density at radius 2 is 2.00 bits per heavy atom. The van der Waals surface area contributed by atoms with Crippen molar-refractivity contribution in [1.82, 2.24) is 0 Å². The second-order valence-electron chi connectivity index (χ2n) is 8.34. The molecule has 0 amide bonds. The lowest BCUT2D eigenvalue weighted by Crippen LogP contribution is -2.49. The van der Waals surface area contributed by atoms with E-state index < -0.39 is 0 Å². The molecule has 21 heavy (non-hydrogen) atoms. The summed E-state index contributed by atoms with van der Waals surface area (Å²) in [4.78, 5) is 11.8. The summed E-state index contributed by atoms with van der Waals surface area (Å²) in [6.07, 6.45) is 15.6. The van der Waals surface area contributed by atoms with Crippen molar-refractivity contribution in [1.29, 1.82) is 0 Å². The van der Waals surface area contributed by atoms with Gasteiger partial charge in [0.1, 0.15) is 0 Å². The van der Waals surface area contributed by atoms with E-state index in [2.05, 4.69) is 19.6 Å². The molecule has 0 heterocycles. The van der Waals surface area contributed by atoms with E-state index in [4.69, 9.17) is 0 Å². The van der Waals surface area contributed by atoms with Crippen molar-refractivity contribution in [2.45, 2.75) is 64.7 Å². The van der Waals surface area contributed by atoms with Crippen molar-refractivity contribution >= 4 is 5.78 Å². The van der Waals surface area contributed by atoms with Crippen LogP contribution in [0, 0.1) is 28.6 Å². The lowest BCUT2D eigenvalue weighted by Gasteiger charge is -2.57. The SMILES string of the molecule is C=C[C@@]12CCC[C@H]1[C@@H]1CCC3=CC(=O)CC[C@]3(C)[C@H]1CC2. The lowest BCUT2D eigenvalue weighted by molar-refractivity contribution is -0.117. The quantitative estimate of drug-likeness (QED) is 0.614. The van der Waals surface area contributed by atoms with Crippen molar-refractivity contribution in [3.63, 3.8) is 0 Å². The standard InChI is InChI=1S/C20H28O/c1-3-20-10-4-5-18(20)16-7-6-14-13-15(21)8-11-19(14,2)17(16)9-12-20/h3,13,16-18H,1,4-12H2,2H3/t16-,17+,18+,19+,20+/m1/s1. The third-order valence-corrected chi connectivity index (χ3v) is 7.78. The zero-order chi connectivity index (χ0) is 14.7. The average Bonchev–Trinajstić information content (AvgIpc) is 2.92. The molecule has 1 nitrogen and oxygen atoms in total. The van der Waals surface area contributed by atoms with Crippen LogP contribution in [0.15, 0.2) is 24.3 Å². The molecule has 0 N–H and O–H groups in total. The highest BCUT2D eigenvalue weighted by molar-refractivity contribution is 5.91. The first-order valence-electron chi connectivity index (χ1n) is 8.96. The van der Waals surface area contributed by atoms with Crippen molar-refractivity contribution in [2.75, 3.05) is 0 Å². The van der Waals surface area contributed by atoms with Gasteiger partial charge in [-0.15, -0.1) is 6.58 Å². The van der Waals surface area contributed by atoms with Gasteiger partial charge in [0.2, 0.25) is 0 Å². The molecule has 4 rings (SSSR count). The number of ketones is 1. The van der Waals surface area contributed by atoms with Crippen LogP contribution in [0.3, 0.4) is 0 Å². The van der Waals surface area contributed by atoms with Crippen LogP contribution < -0.4 is 0 Å². The van der Waals surface area contributed by atoms with Gasteiger partial charge in [0.15, 0.2) is 5.78 Å². The van der Waals surface area contributed by atoms with Crippen molar-refractivity contribution < 1.29 is 4.79 Å². The Morgan fingerprint density at radius 3 is 2.81 bits per heavy atom. The Hall–Kier alpha value is -0.850. The normalized spacial score (nSPS) is 48.9. The highest BCUT2D eigenvalue weighted by Gasteiger charge is 2.56. The molecule has 3 fully saturated rings. The molecule has 4 aliphatic rings. The second kappa shape index (κ2) is 4.57. The number of carbonyl (C=O) groups is 1. The summed E-state index contributed by atoms with van der Waals surface area (Å²) in [7, 11) is 0. The molecule has 0 saturated heterocycles. The van der Waals surface area contributed by atoms with E-state index in [-0.39, 0.29) is 0 Å². The van der Waals surface area contributed by atoms with Crippen LogP contribution in [0.25, 0.3) is 0 Å². The van der Waals surface area contributed by atoms with Crippen LogP contribution in [-0.2, 0) is 4.79 Å². The van der Waals surface area contributed by atoms with Crippen LogP contribution in [-0.4, -0.2) is 5.78 Å². The predicted octanol–water partition coefficient (Wildman–Crippen LogP) is 5.07. The number of carbonyl (C=O) groups excluding carboxylic acids is 1. The van der Waals surface area contributed by atoms with E-state index in [1.165, 1.54) is 50.5 Å². The highest BCUT2D eigenvalue weighted by atomic mass is 16.1. The minimum Gasteiger partial charge on any atom is -0.295 e. The number of allylic oxidation sites excluding steroid dienone is 2. The van der Waals surface area contributed by atoms with Gasteiger partial charge in [-0.3, -0.25) is 4.79 Å². The molecule has 0 radical (unpaired) electrons. The Kier molecular flexibility index (Phi) is 3.00. The number of hydrogen-bond acceptors (Lipinski definition) is 1. The summed E-state index contributed by atoms with van der Waals surface area (Å²) in [5.41, 5.74) is 2.28. The van der Waals surface area contributed by atoms with E-state index in [9.17, 15) is 4.79 Å². The molecule has 114 valence electrons. The van der Waals surface area contributed by atoms with Gasteiger partial charge >= 0.3 is 0 Å². The number of rotatable bonds is 1. The minimum atomic E-state index is 0.326. The first-order chi connectivity index (χ1) is 10.1. The third kappa shape index (κ3) is 1.79. The van der Waals surface area contributed by atoms with Crippen LogP contribution in [0.1, 0.15) is 64.7 Å². The summed E-state index contributed by atoms with van der Waals surface area (Å²) in [6, 6.07) is 0. The Bertz CT molecular complexity index is 516. The van der Waals surface area contributed by atoms with Gasteiger partial charge in [0.05, 0.1) is 0 Å². The van der Waals surface area contributed by atoms with Gasteiger partial charge in [-0.1, -0.05) is 25.0 Å². The molecule has 0 bridgehead atoms. The molecule has 1 heteroatoms. The van der Waals surface area contributed by atoms with E-state index >= 15 is 0 Å².